The molecule has 4 unspecified atom stereocenters. The van der Waals surface area contributed by atoms with Gasteiger partial charge in [-0.3, -0.25) is 15.0 Å². The average molecular weight is 568 g/mol. The second kappa shape index (κ2) is 12.8. The van der Waals surface area contributed by atoms with Crippen LogP contribution in [0.5, 0.6) is 5.75 Å². The van der Waals surface area contributed by atoms with Crippen molar-refractivity contribution in [3.8, 4) is 5.75 Å². The van der Waals surface area contributed by atoms with Gasteiger partial charge >= 0.3 is 0 Å². The smallest absolute Gasteiger partial charge is 0.251 e. The van der Waals surface area contributed by atoms with Crippen LogP contribution in [0.1, 0.15) is 76.6 Å². The number of nitrogens with one attached hydrogen (secondary N) is 3. The van der Waals surface area contributed by atoms with E-state index >= 15 is 0 Å². The second-order valence-corrected chi connectivity index (χ2v) is 12.8. The van der Waals surface area contributed by atoms with Crippen LogP contribution in [0.3, 0.4) is 0 Å². The van der Waals surface area contributed by atoms with Crippen LogP contribution in [0.4, 0.5) is 5.69 Å². The third kappa shape index (κ3) is 6.85. The van der Waals surface area contributed by atoms with Crippen LogP contribution < -0.4 is 15.8 Å². The van der Waals surface area contributed by atoms with E-state index < -0.39 is 11.5 Å². The van der Waals surface area contributed by atoms with Crippen molar-refractivity contribution in [1.29, 1.82) is 10.8 Å². The summed E-state index contributed by atoms with van der Waals surface area (Å²) >= 11 is 0. The number of nitrogen functional groups attached to an aromatic ring is 1. The summed E-state index contributed by atoms with van der Waals surface area (Å²) in [4.78, 5) is 32.1. The highest BCUT2D eigenvalue weighted by molar-refractivity contribution is 6.04. The van der Waals surface area contributed by atoms with E-state index in [0.29, 0.717) is 47.9 Å². The Morgan fingerprint density at radius 1 is 1.24 bits per heavy atom. The minimum atomic E-state index is -0.601. The van der Waals surface area contributed by atoms with Crippen molar-refractivity contribution < 1.29 is 14.3 Å². The monoisotopic (exact) mass is 567 g/mol. The molecule has 3 fully saturated rings. The molecule has 2 amide bonds. The van der Waals surface area contributed by atoms with Crippen LogP contribution in [0.25, 0.3) is 0 Å². The standard InChI is InChI=1S/C31H49N7O3/c1-6-41-27-17-22(8-10-25(27)33)29(39)35-23-11-13-37(14-12-23)20(2)15-21-7-9-24(16-21)38-19-31(3,4)30(40)36(5)26(18-32)28(38)34/h8,10,17-18,20-21,23-24,26,32,34H,6-7,9,11-16,19,33H2,1-5H3,(H,35,39). The number of rotatable bonds is 9. The number of piperidine rings is 1. The van der Waals surface area contributed by atoms with Crippen molar-refractivity contribution in [2.45, 2.75) is 90.4 Å². The molecule has 4 atom stereocenters. The summed E-state index contributed by atoms with van der Waals surface area (Å²) < 4.78 is 5.54. The number of likely N-dealkylation sites (tertiary alicyclic amines) is 1. The van der Waals surface area contributed by atoms with Gasteiger partial charge in [-0.05, 0) is 90.3 Å². The molecule has 0 spiro atoms. The van der Waals surface area contributed by atoms with Crippen LogP contribution in [-0.2, 0) is 4.79 Å². The van der Waals surface area contributed by atoms with Crippen LogP contribution in [0.2, 0.25) is 0 Å². The van der Waals surface area contributed by atoms with Crippen molar-refractivity contribution in [3.63, 3.8) is 0 Å². The fraction of sp³-hybridized carbons (Fsp3) is 0.677. The molecule has 1 saturated carbocycles. The van der Waals surface area contributed by atoms with E-state index in [9.17, 15) is 9.59 Å². The van der Waals surface area contributed by atoms with Gasteiger partial charge in [0.15, 0.2) is 0 Å². The van der Waals surface area contributed by atoms with Gasteiger partial charge in [0.1, 0.15) is 17.6 Å². The molecule has 10 heteroatoms. The summed E-state index contributed by atoms with van der Waals surface area (Å²) in [6, 6.07) is 5.41. The van der Waals surface area contributed by atoms with E-state index in [4.69, 9.17) is 21.3 Å². The molecular weight excluding hydrogens is 518 g/mol. The van der Waals surface area contributed by atoms with Crippen molar-refractivity contribution in [1.82, 2.24) is 20.0 Å². The van der Waals surface area contributed by atoms with Crippen LogP contribution in [-0.4, -0.2) is 96.0 Å². The minimum Gasteiger partial charge on any atom is -0.492 e. The Kier molecular flexibility index (Phi) is 9.62. The van der Waals surface area contributed by atoms with Gasteiger partial charge in [0.05, 0.1) is 17.7 Å². The first-order chi connectivity index (χ1) is 19.4. The number of hydrogen-bond donors (Lipinski definition) is 4. The molecule has 2 heterocycles. The highest BCUT2D eigenvalue weighted by Crippen LogP contribution is 2.37. The van der Waals surface area contributed by atoms with Crippen molar-refractivity contribution in [2.24, 2.45) is 11.3 Å². The Morgan fingerprint density at radius 2 is 1.95 bits per heavy atom. The molecule has 1 aromatic rings. The maximum Gasteiger partial charge on any atom is 0.251 e. The van der Waals surface area contributed by atoms with Crippen LogP contribution in [0.15, 0.2) is 18.2 Å². The Morgan fingerprint density at radius 3 is 2.61 bits per heavy atom. The molecule has 2 aliphatic heterocycles. The summed E-state index contributed by atoms with van der Waals surface area (Å²) in [5, 5.41) is 19.9. The lowest BCUT2D eigenvalue weighted by atomic mass is 9.90. The molecule has 41 heavy (non-hydrogen) atoms. The van der Waals surface area contributed by atoms with Gasteiger partial charge < -0.3 is 35.9 Å². The van der Waals surface area contributed by atoms with Gasteiger partial charge in [0, 0.05) is 56.6 Å². The molecule has 1 aromatic carbocycles. The topological polar surface area (TPSA) is 139 Å². The number of carbonyl (C=O) groups excluding carboxylic acids is 2. The van der Waals surface area contributed by atoms with E-state index in [1.54, 1.807) is 30.1 Å². The molecule has 226 valence electrons. The zero-order valence-corrected chi connectivity index (χ0v) is 25.4. The number of anilines is 1. The number of amides is 2. The zero-order chi connectivity index (χ0) is 29.9. The van der Waals surface area contributed by atoms with Crippen molar-refractivity contribution in [3.05, 3.63) is 23.8 Å². The van der Waals surface area contributed by atoms with Gasteiger partial charge in [-0.2, -0.15) is 0 Å². The third-order valence-corrected chi connectivity index (χ3v) is 9.32. The predicted octanol–water partition coefficient (Wildman–Crippen LogP) is 3.60. The molecule has 3 aliphatic rings. The Bertz CT molecular complexity index is 1130. The molecule has 1 aliphatic carbocycles. The first-order valence-electron chi connectivity index (χ1n) is 15.1. The van der Waals surface area contributed by atoms with Gasteiger partial charge in [-0.15, -0.1) is 0 Å². The van der Waals surface area contributed by atoms with Crippen molar-refractivity contribution >= 4 is 29.6 Å². The molecule has 0 bridgehead atoms. The number of likely N-dealkylation sites (N-methyl/N-ethyl adjacent to an activating group) is 1. The zero-order valence-electron chi connectivity index (χ0n) is 25.4. The number of ether oxygens (including phenoxy) is 1. The summed E-state index contributed by atoms with van der Waals surface area (Å²) in [6.07, 6.45) is 7.33. The van der Waals surface area contributed by atoms with Crippen molar-refractivity contribution in [2.75, 3.05) is 39.0 Å². The summed E-state index contributed by atoms with van der Waals surface area (Å²) in [5.74, 6) is 1.39. The van der Waals surface area contributed by atoms with E-state index in [1.807, 2.05) is 20.8 Å². The second-order valence-electron chi connectivity index (χ2n) is 12.8. The fourth-order valence-corrected chi connectivity index (χ4v) is 6.94. The molecule has 10 nitrogen and oxygen atoms in total. The number of nitrogens with two attached hydrogens (primary N) is 1. The highest BCUT2D eigenvalue weighted by Gasteiger charge is 2.44. The van der Waals surface area contributed by atoms with E-state index in [-0.39, 0.29) is 23.9 Å². The number of carbonyl (C=O) groups is 2. The maximum absolute atomic E-state index is 13.0. The molecular formula is C31H49N7O3. The number of nitrogens with zero attached hydrogens (tertiary/aromatic N) is 3. The Labute approximate surface area is 245 Å². The largest absolute Gasteiger partial charge is 0.492 e. The van der Waals surface area contributed by atoms with Crippen LogP contribution >= 0.6 is 0 Å². The van der Waals surface area contributed by atoms with Gasteiger partial charge in [-0.25, -0.2) is 0 Å². The first-order valence-corrected chi connectivity index (χ1v) is 15.1. The maximum atomic E-state index is 13.0. The summed E-state index contributed by atoms with van der Waals surface area (Å²) in [6.45, 7) is 11.0. The number of amidine groups is 1. The minimum absolute atomic E-state index is 0.00950. The Hall–Kier alpha value is -3.14. The molecule has 4 rings (SSSR count). The fourth-order valence-electron chi connectivity index (χ4n) is 6.94. The number of hydrogen-bond acceptors (Lipinski definition) is 7. The number of benzene rings is 1. The van der Waals surface area contributed by atoms with E-state index in [2.05, 4.69) is 22.0 Å². The van der Waals surface area contributed by atoms with Gasteiger partial charge in [0.2, 0.25) is 5.91 Å². The summed E-state index contributed by atoms with van der Waals surface area (Å²) in [5.41, 5.74) is 6.46. The summed E-state index contributed by atoms with van der Waals surface area (Å²) in [7, 11) is 1.71. The normalized spacial score (nSPS) is 26.5. The SMILES string of the molecule is CCOc1cc(C(=O)NC2CCN(C(C)CC3CCC(N4CC(C)(C)C(=O)N(C)C(C=N)C4=N)C3)CC2)ccc1N. The lowest BCUT2D eigenvalue weighted by Gasteiger charge is -2.37. The lowest BCUT2D eigenvalue weighted by molar-refractivity contribution is -0.138. The molecule has 2 saturated heterocycles. The van der Waals surface area contributed by atoms with Crippen LogP contribution in [0, 0.1) is 22.2 Å². The first kappa shape index (κ1) is 30.8. The third-order valence-electron chi connectivity index (χ3n) is 9.32. The van der Waals surface area contributed by atoms with E-state index in [1.165, 1.54) is 6.21 Å². The average Bonchev–Trinajstić information content (AvgIpc) is 3.39. The Balaban J connectivity index is 1.27. The quantitative estimate of drug-likeness (QED) is 0.266. The van der Waals surface area contributed by atoms with Gasteiger partial charge in [-0.1, -0.05) is 0 Å². The predicted molar refractivity (Wildman–Crippen MR) is 163 cm³/mol. The van der Waals surface area contributed by atoms with Gasteiger partial charge in [0.25, 0.3) is 5.91 Å². The lowest BCUT2D eigenvalue weighted by Crippen LogP contribution is -2.49. The van der Waals surface area contributed by atoms with E-state index in [0.717, 1.165) is 51.6 Å². The molecule has 5 N–H and O–H groups in total. The highest BCUT2D eigenvalue weighted by atomic mass is 16.5. The molecule has 0 aromatic heterocycles. The molecule has 0 radical (unpaired) electrons.